The van der Waals surface area contributed by atoms with Gasteiger partial charge in [-0.1, -0.05) is 70.1 Å². The van der Waals surface area contributed by atoms with Crippen molar-refractivity contribution in [3.05, 3.63) is 80.0 Å². The van der Waals surface area contributed by atoms with Crippen molar-refractivity contribution >= 4 is 69.9 Å². The number of methoxy groups -OCH3 is 2. The number of carbonyl (C=O) groups is 2. The Morgan fingerprint density at radius 2 is 1.47 bits per heavy atom. The Hall–Kier alpha value is -1.71. The van der Waals surface area contributed by atoms with Crippen molar-refractivity contribution in [1.82, 2.24) is 0 Å². The van der Waals surface area contributed by atoms with Gasteiger partial charge in [0.15, 0.2) is 0 Å². The van der Waals surface area contributed by atoms with Gasteiger partial charge in [-0.15, -0.1) is 0 Å². The van der Waals surface area contributed by atoms with Crippen LogP contribution in [0.3, 0.4) is 0 Å². The smallest absolute Gasteiger partial charge is 0.315 e. The van der Waals surface area contributed by atoms with E-state index in [0.717, 1.165) is 50.0 Å². The molecule has 45 heavy (non-hydrogen) atoms. The minimum absolute atomic E-state index is 0.00810. The number of esters is 2. The highest BCUT2D eigenvalue weighted by Crippen LogP contribution is 2.33. The van der Waals surface area contributed by atoms with Crippen LogP contribution in [0.2, 0.25) is 20.1 Å². The number of hydrogen-bond acceptors (Lipinski definition) is 7. The number of benzene rings is 2. The number of hydrogen-bond donors (Lipinski definition) is 0. The molecule has 2 aromatic rings. The van der Waals surface area contributed by atoms with Crippen LogP contribution in [-0.4, -0.2) is 57.6 Å². The van der Waals surface area contributed by atoms with E-state index >= 15 is 0 Å². The molecule has 3 aliphatic rings. The average Bonchev–Trinajstić information content (AvgIpc) is 3.07. The molecule has 0 spiro atoms. The zero-order valence-electron chi connectivity index (χ0n) is 25.6. The summed E-state index contributed by atoms with van der Waals surface area (Å²) in [5, 5.41) is 1.83. The van der Waals surface area contributed by atoms with Crippen molar-refractivity contribution in [3.8, 4) is 0 Å². The Balaban J connectivity index is 0.000000232. The maximum Gasteiger partial charge on any atom is 0.315 e. The van der Waals surface area contributed by atoms with Gasteiger partial charge in [0.1, 0.15) is 11.5 Å². The molecule has 0 aliphatic carbocycles. The lowest BCUT2D eigenvalue weighted by Gasteiger charge is -2.29. The SMILES string of the molecule is C1=COCCC1.COC(=O)C(c1ccc(Cl)c(Cl)c1)C1CCCCO1.COC(=O)Cc1ccc(Cl)c(Cl)c1.ClC1CCCCO1. The monoisotopic (exact) mass is 724 g/mol. The van der Waals surface area contributed by atoms with Crippen LogP contribution in [0.5, 0.6) is 0 Å². The molecule has 3 heterocycles. The second-order valence-corrected chi connectivity index (χ2v) is 12.4. The summed E-state index contributed by atoms with van der Waals surface area (Å²) < 4.78 is 25.0. The fourth-order valence-corrected chi connectivity index (χ4v) is 5.31. The summed E-state index contributed by atoms with van der Waals surface area (Å²) in [4.78, 5) is 22.9. The lowest BCUT2D eigenvalue weighted by atomic mass is 9.89. The molecule has 2 fully saturated rings. The first-order chi connectivity index (χ1) is 21.7. The fraction of sp³-hybridized carbons (Fsp3) is 0.515. The highest BCUT2D eigenvalue weighted by molar-refractivity contribution is 6.42. The van der Waals surface area contributed by atoms with Gasteiger partial charge in [-0.2, -0.15) is 0 Å². The van der Waals surface area contributed by atoms with E-state index in [2.05, 4.69) is 4.74 Å². The summed E-state index contributed by atoms with van der Waals surface area (Å²) >= 11 is 29.0. The van der Waals surface area contributed by atoms with Gasteiger partial charge >= 0.3 is 11.9 Å². The van der Waals surface area contributed by atoms with Crippen molar-refractivity contribution in [2.45, 2.75) is 75.4 Å². The fourth-order valence-electron chi connectivity index (χ4n) is 4.44. The van der Waals surface area contributed by atoms with E-state index in [1.54, 1.807) is 42.7 Å². The number of halogens is 5. The summed E-state index contributed by atoms with van der Waals surface area (Å²) in [5.41, 5.74) is 1.59. The summed E-state index contributed by atoms with van der Waals surface area (Å²) in [7, 11) is 2.73. The summed E-state index contributed by atoms with van der Waals surface area (Å²) in [6, 6.07) is 10.3. The number of rotatable bonds is 5. The van der Waals surface area contributed by atoms with Gasteiger partial charge in [-0.3, -0.25) is 9.59 Å². The molecule has 3 unspecified atom stereocenters. The summed E-state index contributed by atoms with van der Waals surface area (Å²) in [6.45, 7) is 2.45. The zero-order valence-corrected chi connectivity index (χ0v) is 29.4. The molecule has 2 saturated heterocycles. The van der Waals surface area contributed by atoms with E-state index in [4.69, 9.17) is 77.0 Å². The molecule has 250 valence electrons. The first-order valence-corrected chi connectivity index (χ1v) is 16.8. The third-order valence-corrected chi connectivity index (χ3v) is 8.68. The third-order valence-electron chi connectivity index (χ3n) is 6.85. The van der Waals surface area contributed by atoms with Crippen LogP contribution in [0.4, 0.5) is 0 Å². The standard InChI is InChI=1S/C14H16Cl2O3.C9H8Cl2O2.C5H9ClO.C5H8O/c1-18-14(17)13(12-4-2-3-7-19-12)9-5-6-10(15)11(16)8-9;1-13-9(12)5-6-2-3-7(10)8(11)4-6;6-5-3-1-2-4-7-5;1-2-4-6-5-3-1/h5-6,8,12-13H,2-4,7H2,1H3;2-4H,5H2,1H3;5H,1-4H2;2,4H,1,3,5H2. The second kappa shape index (κ2) is 22.8. The Kier molecular flexibility index (Phi) is 20.0. The van der Waals surface area contributed by atoms with Crippen LogP contribution in [0.1, 0.15) is 68.4 Å². The summed E-state index contributed by atoms with van der Waals surface area (Å²) in [5.74, 6) is -1.04. The molecule has 0 N–H and O–H groups in total. The Morgan fingerprint density at radius 3 is 1.89 bits per heavy atom. The van der Waals surface area contributed by atoms with E-state index in [1.807, 2.05) is 6.08 Å². The topological polar surface area (TPSA) is 80.3 Å². The van der Waals surface area contributed by atoms with Crippen LogP contribution in [0.25, 0.3) is 0 Å². The molecule has 3 aliphatic heterocycles. The normalized spacial score (nSPS) is 19.4. The Morgan fingerprint density at radius 1 is 0.800 bits per heavy atom. The molecule has 3 atom stereocenters. The van der Waals surface area contributed by atoms with Crippen LogP contribution < -0.4 is 0 Å². The zero-order chi connectivity index (χ0) is 33.0. The van der Waals surface area contributed by atoms with Crippen molar-refractivity contribution in [3.63, 3.8) is 0 Å². The van der Waals surface area contributed by atoms with E-state index in [9.17, 15) is 9.59 Å². The first kappa shape index (κ1) is 39.5. The number of alkyl halides is 1. The number of allylic oxidation sites excluding steroid dienone is 1. The minimum atomic E-state index is -0.444. The van der Waals surface area contributed by atoms with Crippen LogP contribution in [0.15, 0.2) is 48.7 Å². The lowest BCUT2D eigenvalue weighted by molar-refractivity contribution is -0.147. The van der Waals surface area contributed by atoms with Crippen LogP contribution in [-0.2, 0) is 39.7 Å². The second-order valence-electron chi connectivity index (χ2n) is 10.2. The molecular weight excluding hydrogens is 686 g/mol. The minimum Gasteiger partial charge on any atom is -0.502 e. The van der Waals surface area contributed by atoms with Crippen molar-refractivity contribution in [2.24, 2.45) is 0 Å². The molecule has 5 rings (SSSR count). The third kappa shape index (κ3) is 15.6. The molecule has 12 heteroatoms. The number of ether oxygens (including phenoxy) is 5. The highest BCUT2D eigenvalue weighted by Gasteiger charge is 2.33. The first-order valence-electron chi connectivity index (χ1n) is 14.8. The molecule has 0 radical (unpaired) electrons. The van der Waals surface area contributed by atoms with Gasteiger partial charge in [0, 0.05) is 13.2 Å². The van der Waals surface area contributed by atoms with Crippen molar-refractivity contribution in [2.75, 3.05) is 34.0 Å². The van der Waals surface area contributed by atoms with E-state index in [1.165, 1.54) is 39.9 Å². The van der Waals surface area contributed by atoms with Crippen molar-refractivity contribution in [1.29, 1.82) is 0 Å². The van der Waals surface area contributed by atoms with Gasteiger partial charge in [0.05, 0.1) is 59.7 Å². The van der Waals surface area contributed by atoms with E-state index < -0.39 is 5.92 Å². The van der Waals surface area contributed by atoms with Gasteiger partial charge in [0.25, 0.3) is 0 Å². The highest BCUT2D eigenvalue weighted by atomic mass is 35.5. The van der Waals surface area contributed by atoms with Crippen LogP contribution in [0, 0.1) is 0 Å². The van der Waals surface area contributed by atoms with E-state index in [-0.39, 0.29) is 30.0 Å². The van der Waals surface area contributed by atoms with Crippen molar-refractivity contribution < 1.29 is 33.3 Å². The predicted molar refractivity (Wildman–Crippen MR) is 181 cm³/mol. The lowest BCUT2D eigenvalue weighted by Crippen LogP contribution is -2.32. The molecule has 2 aromatic carbocycles. The van der Waals surface area contributed by atoms with Gasteiger partial charge in [-0.05, 0) is 92.8 Å². The predicted octanol–water partition coefficient (Wildman–Crippen LogP) is 9.59. The Bertz CT molecular complexity index is 1190. The quantitative estimate of drug-likeness (QED) is 0.224. The maximum absolute atomic E-state index is 12.0. The maximum atomic E-state index is 12.0. The molecule has 0 bridgehead atoms. The average molecular weight is 727 g/mol. The van der Waals surface area contributed by atoms with Gasteiger partial charge in [-0.25, -0.2) is 0 Å². The Labute approximate surface area is 291 Å². The summed E-state index contributed by atoms with van der Waals surface area (Å²) in [6.07, 6.45) is 12.6. The molecule has 7 nitrogen and oxygen atoms in total. The van der Waals surface area contributed by atoms with Gasteiger partial charge < -0.3 is 23.7 Å². The van der Waals surface area contributed by atoms with E-state index in [0.29, 0.717) is 26.7 Å². The largest absolute Gasteiger partial charge is 0.502 e. The molecule has 0 aromatic heterocycles. The molecular formula is C33H41Cl5O7. The molecule has 0 amide bonds. The molecule has 0 saturated carbocycles. The van der Waals surface area contributed by atoms with Crippen LogP contribution >= 0.6 is 58.0 Å². The number of carbonyl (C=O) groups excluding carboxylic acids is 2. The van der Waals surface area contributed by atoms with Gasteiger partial charge in [0.2, 0.25) is 0 Å².